The highest BCUT2D eigenvalue weighted by Crippen LogP contribution is 2.45. The summed E-state index contributed by atoms with van der Waals surface area (Å²) in [5.41, 5.74) is 5.82. The summed E-state index contributed by atoms with van der Waals surface area (Å²) in [4.78, 5) is 0. The first-order chi connectivity index (χ1) is 24.5. The first-order valence-corrected chi connectivity index (χ1v) is 17.3. The van der Waals surface area contributed by atoms with Gasteiger partial charge >= 0.3 is 0 Å². The van der Waals surface area contributed by atoms with Crippen LogP contribution in [-0.2, 0) is 0 Å². The molecule has 1 unspecified atom stereocenters. The Bertz CT molecular complexity index is 2680. The minimum Gasteiger partial charge on any atom is -0.234 e. The van der Waals surface area contributed by atoms with Crippen molar-refractivity contribution >= 4 is 65.9 Å². The summed E-state index contributed by atoms with van der Waals surface area (Å²) in [7, 11) is 0. The quantitative estimate of drug-likeness (QED) is 0.129. The molecule has 2 atom stereocenters. The zero-order valence-corrected chi connectivity index (χ0v) is 27.9. The van der Waals surface area contributed by atoms with Crippen molar-refractivity contribution in [2.24, 2.45) is 5.92 Å². The average Bonchev–Trinajstić information content (AvgIpc) is 3.16. The van der Waals surface area contributed by atoms with Gasteiger partial charge in [-0.15, -0.1) is 0 Å². The lowest BCUT2D eigenvalue weighted by Gasteiger charge is -2.34. The lowest BCUT2D eigenvalue weighted by molar-refractivity contribution is 0.259. The van der Waals surface area contributed by atoms with Crippen molar-refractivity contribution in [3.8, 4) is 0 Å². The maximum absolute atomic E-state index is 16.9. The summed E-state index contributed by atoms with van der Waals surface area (Å²) >= 11 is 0. The zero-order valence-electron chi connectivity index (χ0n) is 27.9. The van der Waals surface area contributed by atoms with E-state index in [4.69, 9.17) is 0 Å². The molecule has 2 aliphatic rings. The molecule has 0 nitrogen and oxygen atoms in total. The monoisotopic (exact) mass is 642 g/mol. The smallest absolute Gasteiger partial charge is 0.158 e. The summed E-state index contributed by atoms with van der Waals surface area (Å²) in [5.74, 6) is -0.390. The van der Waals surface area contributed by atoms with Crippen LogP contribution >= 0.6 is 0 Å². The molecule has 50 heavy (non-hydrogen) atoms. The molecule has 0 aliphatic heterocycles. The SMILES string of the molecule is C/C(=C\C=C/c1cccc(C2=C[C@]3(F)C=CC=C(c4ccc5c(ccc6ccccc65)c4)C3C=C2)c1)c1ccc2c(ccc3ccccc32)c1. The van der Waals surface area contributed by atoms with Crippen molar-refractivity contribution in [2.75, 3.05) is 0 Å². The summed E-state index contributed by atoms with van der Waals surface area (Å²) in [6.45, 7) is 2.15. The first kappa shape index (κ1) is 30.0. The summed E-state index contributed by atoms with van der Waals surface area (Å²) < 4.78 is 16.9. The van der Waals surface area contributed by atoms with Crippen LogP contribution in [0.4, 0.5) is 4.39 Å². The van der Waals surface area contributed by atoms with Gasteiger partial charge in [0.1, 0.15) is 0 Å². The van der Waals surface area contributed by atoms with Crippen LogP contribution in [0, 0.1) is 5.92 Å². The van der Waals surface area contributed by atoms with E-state index in [1.807, 2.05) is 18.2 Å². The Morgan fingerprint density at radius 3 is 2.10 bits per heavy atom. The van der Waals surface area contributed by atoms with Gasteiger partial charge in [-0.25, -0.2) is 4.39 Å². The van der Waals surface area contributed by atoms with Crippen molar-refractivity contribution < 1.29 is 4.39 Å². The summed E-state index contributed by atoms with van der Waals surface area (Å²) in [6, 6.07) is 47.3. The topological polar surface area (TPSA) is 0 Å². The second-order valence-corrected chi connectivity index (χ2v) is 13.5. The molecular weight excluding hydrogens is 608 g/mol. The summed E-state index contributed by atoms with van der Waals surface area (Å²) in [6.07, 6.45) is 17.9. The van der Waals surface area contributed by atoms with Gasteiger partial charge in [-0.1, -0.05) is 158 Å². The van der Waals surface area contributed by atoms with E-state index in [-0.39, 0.29) is 5.92 Å². The van der Waals surface area contributed by atoms with Gasteiger partial charge in [-0.2, -0.15) is 0 Å². The Morgan fingerprint density at radius 2 is 1.32 bits per heavy atom. The Balaban J connectivity index is 0.950. The Labute approximate surface area is 292 Å². The number of alkyl halides is 1. The molecule has 0 fully saturated rings. The molecule has 0 bridgehead atoms. The van der Waals surface area contributed by atoms with Gasteiger partial charge in [-0.05, 0) is 119 Å². The third-order valence-corrected chi connectivity index (χ3v) is 10.4. The largest absolute Gasteiger partial charge is 0.234 e. The van der Waals surface area contributed by atoms with Gasteiger partial charge in [0.25, 0.3) is 0 Å². The lowest BCUT2D eigenvalue weighted by Crippen LogP contribution is -2.32. The van der Waals surface area contributed by atoms with Crippen LogP contribution in [0.5, 0.6) is 0 Å². The molecule has 7 aromatic rings. The standard InChI is InChI=1S/C49H35F/c1-33(37-22-25-45-39(30-37)20-18-35-12-2-4-15-43(35)45)9-6-10-34-11-7-14-38(29-34)42-24-27-48-47(17-8-28-49(48,50)32-42)41-23-26-46-40(31-41)21-19-36-13-3-5-16-44(36)46/h2-32,48H,1H3/b10-6-,33-9+/t48?,49-/m1/s1. The van der Waals surface area contributed by atoms with Crippen LogP contribution in [0.3, 0.4) is 0 Å². The number of allylic oxidation sites excluding steroid dienone is 11. The van der Waals surface area contributed by atoms with Crippen molar-refractivity contribution in [2.45, 2.75) is 12.6 Å². The van der Waals surface area contributed by atoms with Crippen molar-refractivity contribution in [3.05, 3.63) is 204 Å². The highest BCUT2D eigenvalue weighted by Gasteiger charge is 2.40. The average molecular weight is 643 g/mol. The number of hydrogen-bond donors (Lipinski definition) is 0. The minimum absolute atomic E-state index is 0.390. The normalized spacial score (nSPS) is 19.0. The van der Waals surface area contributed by atoms with Crippen LogP contribution in [0.2, 0.25) is 0 Å². The molecule has 1 heteroatoms. The van der Waals surface area contributed by atoms with Gasteiger partial charge < -0.3 is 0 Å². The molecule has 9 rings (SSSR count). The van der Waals surface area contributed by atoms with Crippen LogP contribution in [0.15, 0.2) is 182 Å². The van der Waals surface area contributed by atoms with Crippen LogP contribution < -0.4 is 0 Å². The predicted molar refractivity (Wildman–Crippen MR) is 214 cm³/mol. The second-order valence-electron chi connectivity index (χ2n) is 13.5. The van der Waals surface area contributed by atoms with E-state index in [2.05, 4.69) is 165 Å². The second kappa shape index (κ2) is 12.1. The number of rotatable bonds is 5. The minimum atomic E-state index is -1.61. The van der Waals surface area contributed by atoms with Crippen molar-refractivity contribution in [1.82, 2.24) is 0 Å². The fourth-order valence-electron chi connectivity index (χ4n) is 7.75. The maximum atomic E-state index is 16.9. The lowest BCUT2D eigenvalue weighted by atomic mass is 9.73. The van der Waals surface area contributed by atoms with E-state index >= 15 is 4.39 Å². The third kappa shape index (κ3) is 5.32. The molecule has 0 N–H and O–H groups in total. The van der Waals surface area contributed by atoms with Crippen LogP contribution in [0.25, 0.3) is 65.9 Å². The molecule has 238 valence electrons. The number of halogens is 1. The van der Waals surface area contributed by atoms with Gasteiger partial charge in [-0.3, -0.25) is 0 Å². The fourth-order valence-corrected chi connectivity index (χ4v) is 7.75. The van der Waals surface area contributed by atoms with E-state index in [0.717, 1.165) is 33.2 Å². The number of benzene rings is 7. The van der Waals surface area contributed by atoms with Crippen molar-refractivity contribution in [3.63, 3.8) is 0 Å². The number of fused-ring (bicyclic) bond motifs is 7. The summed E-state index contributed by atoms with van der Waals surface area (Å²) in [5, 5.41) is 9.91. The highest BCUT2D eigenvalue weighted by atomic mass is 19.1. The zero-order chi connectivity index (χ0) is 33.7. The third-order valence-electron chi connectivity index (χ3n) is 10.4. The van der Waals surface area contributed by atoms with Gasteiger partial charge in [0.2, 0.25) is 0 Å². The molecule has 0 saturated carbocycles. The molecular formula is C49H35F. The molecule has 0 radical (unpaired) electrons. The molecule has 7 aromatic carbocycles. The van der Waals surface area contributed by atoms with Gasteiger partial charge in [0, 0.05) is 5.92 Å². The first-order valence-electron chi connectivity index (χ1n) is 17.3. The Hall–Kier alpha value is -6.05. The van der Waals surface area contributed by atoms with Crippen LogP contribution in [-0.4, -0.2) is 5.67 Å². The molecule has 0 aromatic heterocycles. The van der Waals surface area contributed by atoms with Gasteiger partial charge in [0.15, 0.2) is 5.67 Å². The Morgan fingerprint density at radius 1 is 0.640 bits per heavy atom. The fraction of sp³-hybridized carbons (Fsp3) is 0.0612. The van der Waals surface area contributed by atoms with E-state index in [0.29, 0.717) is 0 Å². The van der Waals surface area contributed by atoms with E-state index in [9.17, 15) is 0 Å². The van der Waals surface area contributed by atoms with E-state index in [1.165, 1.54) is 48.8 Å². The molecule has 0 spiro atoms. The predicted octanol–water partition coefficient (Wildman–Crippen LogP) is 13.3. The van der Waals surface area contributed by atoms with Crippen molar-refractivity contribution in [1.29, 1.82) is 0 Å². The van der Waals surface area contributed by atoms with E-state index in [1.54, 1.807) is 12.2 Å². The van der Waals surface area contributed by atoms with Gasteiger partial charge in [0.05, 0.1) is 0 Å². The highest BCUT2D eigenvalue weighted by molar-refractivity contribution is 6.09. The molecule has 0 amide bonds. The molecule has 0 heterocycles. The Kier molecular flexibility index (Phi) is 7.29. The van der Waals surface area contributed by atoms with E-state index < -0.39 is 5.67 Å². The maximum Gasteiger partial charge on any atom is 0.158 e. The number of hydrogen-bond acceptors (Lipinski definition) is 0. The molecule has 0 saturated heterocycles. The molecule has 2 aliphatic carbocycles. The van der Waals surface area contributed by atoms with Crippen LogP contribution in [0.1, 0.15) is 29.2 Å².